The molecule has 1 aliphatic rings. The molecule has 0 aliphatic carbocycles. The highest BCUT2D eigenvalue weighted by atomic mass is 32.2. The van der Waals surface area contributed by atoms with E-state index in [0.29, 0.717) is 52.6 Å². The predicted molar refractivity (Wildman–Crippen MR) is 164 cm³/mol. The molecule has 7 nitrogen and oxygen atoms in total. The number of aliphatic imine (C=N–C) groups is 1. The van der Waals surface area contributed by atoms with E-state index < -0.39 is 0 Å². The first-order chi connectivity index (χ1) is 19.9. The zero-order chi connectivity index (χ0) is 28.8. The van der Waals surface area contributed by atoms with Crippen molar-refractivity contribution in [2.45, 2.75) is 20.5 Å². The summed E-state index contributed by atoms with van der Waals surface area (Å²) in [7, 11) is 1.69. The Bertz CT molecular complexity index is 1650. The van der Waals surface area contributed by atoms with Crippen LogP contribution in [0.2, 0.25) is 0 Å². The van der Waals surface area contributed by atoms with Gasteiger partial charge in [-0.3, -0.25) is 9.69 Å². The van der Waals surface area contributed by atoms with Crippen LogP contribution in [0.4, 0.5) is 5.69 Å². The molecule has 8 heteroatoms. The highest BCUT2D eigenvalue weighted by Crippen LogP contribution is 2.35. The lowest BCUT2D eigenvalue weighted by molar-refractivity contribution is -0.121. The van der Waals surface area contributed by atoms with Gasteiger partial charge in [0.1, 0.15) is 6.61 Å². The van der Waals surface area contributed by atoms with Crippen LogP contribution in [0.3, 0.4) is 0 Å². The van der Waals surface area contributed by atoms with Gasteiger partial charge in [0.25, 0.3) is 5.91 Å². The summed E-state index contributed by atoms with van der Waals surface area (Å²) in [6.07, 6.45) is 1.82. The molecule has 5 rings (SSSR count). The average Bonchev–Trinajstić information content (AvgIpc) is 3.24. The first kappa shape index (κ1) is 28.0. The number of likely N-dealkylation sites (N-methyl/N-ethyl adjacent to an activating group) is 1. The van der Waals surface area contributed by atoms with Crippen molar-refractivity contribution >= 4 is 51.3 Å². The van der Waals surface area contributed by atoms with Crippen molar-refractivity contribution in [2.24, 2.45) is 4.99 Å². The Hall–Kier alpha value is -4.56. The fourth-order valence-corrected chi connectivity index (χ4v) is 5.28. The van der Waals surface area contributed by atoms with E-state index in [4.69, 9.17) is 14.2 Å². The summed E-state index contributed by atoms with van der Waals surface area (Å²) in [5, 5.41) is 2.90. The zero-order valence-corrected chi connectivity index (χ0v) is 23.9. The molecule has 0 bridgehead atoms. The quantitative estimate of drug-likeness (QED) is 0.157. The summed E-state index contributed by atoms with van der Waals surface area (Å²) in [5.41, 5.74) is 2.97. The number of hydrogen-bond acceptors (Lipinski definition) is 7. The smallest absolute Gasteiger partial charge is 0.338 e. The Morgan fingerprint density at radius 3 is 2.41 bits per heavy atom. The average molecular weight is 567 g/mol. The summed E-state index contributed by atoms with van der Waals surface area (Å²) < 4.78 is 17.0. The molecule has 0 atom stereocenters. The number of ether oxygens (including phenoxy) is 3. The minimum absolute atomic E-state index is 0.147. The highest BCUT2D eigenvalue weighted by Gasteiger charge is 2.30. The summed E-state index contributed by atoms with van der Waals surface area (Å²) in [6, 6.07) is 26.9. The van der Waals surface area contributed by atoms with Gasteiger partial charge in [0, 0.05) is 7.05 Å². The number of nitrogens with zero attached hydrogens (tertiary/aromatic N) is 2. The van der Waals surface area contributed by atoms with Crippen molar-refractivity contribution in [1.29, 1.82) is 0 Å². The third kappa shape index (κ3) is 6.61. The van der Waals surface area contributed by atoms with Crippen LogP contribution < -0.4 is 9.47 Å². The topological polar surface area (TPSA) is 77.4 Å². The van der Waals surface area contributed by atoms with E-state index in [1.165, 1.54) is 27.4 Å². The Kier molecular flexibility index (Phi) is 8.70. The van der Waals surface area contributed by atoms with Gasteiger partial charge in [0.05, 0.1) is 29.4 Å². The summed E-state index contributed by atoms with van der Waals surface area (Å²) in [4.78, 5) is 31.6. The third-order valence-electron chi connectivity index (χ3n) is 6.38. The SMILES string of the molecule is CCOC(=O)c1ccc(N=C2SC(=Cc3ccc(OCc4ccc5ccccc5c4)c(OCC)c3)C(=O)N2C)cc1. The molecule has 208 valence electrons. The van der Waals surface area contributed by atoms with E-state index >= 15 is 0 Å². The Balaban J connectivity index is 1.31. The van der Waals surface area contributed by atoms with Gasteiger partial charge in [-0.15, -0.1) is 0 Å². The van der Waals surface area contributed by atoms with Crippen molar-refractivity contribution in [3.8, 4) is 11.5 Å². The molecule has 0 unspecified atom stereocenters. The van der Waals surface area contributed by atoms with Crippen molar-refractivity contribution in [3.63, 3.8) is 0 Å². The maximum atomic E-state index is 13.0. The van der Waals surface area contributed by atoms with Gasteiger partial charge in [-0.2, -0.15) is 0 Å². The normalized spacial score (nSPS) is 15.1. The van der Waals surface area contributed by atoms with E-state index in [0.717, 1.165) is 11.1 Å². The number of amidine groups is 1. The van der Waals surface area contributed by atoms with E-state index in [1.807, 2.05) is 43.3 Å². The third-order valence-corrected chi connectivity index (χ3v) is 7.44. The monoisotopic (exact) mass is 566 g/mol. The number of benzene rings is 4. The second-order valence-electron chi connectivity index (χ2n) is 9.25. The molecule has 0 N–H and O–H groups in total. The molecule has 41 heavy (non-hydrogen) atoms. The van der Waals surface area contributed by atoms with Gasteiger partial charge in [0.15, 0.2) is 16.7 Å². The first-order valence-electron chi connectivity index (χ1n) is 13.4. The molecule has 1 saturated heterocycles. The summed E-state index contributed by atoms with van der Waals surface area (Å²) in [5.74, 6) is 0.725. The zero-order valence-electron chi connectivity index (χ0n) is 23.1. The minimum Gasteiger partial charge on any atom is -0.490 e. The number of rotatable bonds is 9. The van der Waals surface area contributed by atoms with Crippen LogP contribution in [-0.4, -0.2) is 42.2 Å². The molecule has 0 saturated carbocycles. The maximum absolute atomic E-state index is 13.0. The van der Waals surface area contributed by atoms with Crippen LogP contribution in [0, 0.1) is 0 Å². The standard InChI is InChI=1S/C33H30N2O5S/c1-4-38-29-19-22(11-17-28(29)40-21-23-10-12-24-8-6-7-9-26(24)18-23)20-30-31(36)35(3)33(41-30)34-27-15-13-25(14-16-27)32(37)39-5-2/h6-20H,4-5,21H2,1-3H3. The lowest BCUT2D eigenvalue weighted by Gasteiger charge is -2.13. The van der Waals surface area contributed by atoms with Crippen LogP contribution in [0.1, 0.15) is 35.3 Å². The van der Waals surface area contributed by atoms with E-state index in [1.54, 1.807) is 38.2 Å². The van der Waals surface area contributed by atoms with Gasteiger partial charge in [0.2, 0.25) is 0 Å². The lowest BCUT2D eigenvalue weighted by Crippen LogP contribution is -2.23. The lowest BCUT2D eigenvalue weighted by atomic mass is 10.1. The second-order valence-corrected chi connectivity index (χ2v) is 10.3. The van der Waals surface area contributed by atoms with E-state index in [2.05, 4.69) is 35.3 Å². The van der Waals surface area contributed by atoms with Gasteiger partial charge in [-0.1, -0.05) is 42.5 Å². The van der Waals surface area contributed by atoms with Crippen molar-refractivity contribution in [2.75, 3.05) is 20.3 Å². The number of carbonyl (C=O) groups excluding carboxylic acids is 2. The number of amides is 1. The van der Waals surface area contributed by atoms with Gasteiger partial charge >= 0.3 is 5.97 Å². The molecular formula is C33H30N2O5S. The number of hydrogen-bond donors (Lipinski definition) is 0. The Labute approximate surface area is 243 Å². The van der Waals surface area contributed by atoms with Crippen LogP contribution >= 0.6 is 11.8 Å². The maximum Gasteiger partial charge on any atom is 0.338 e. The van der Waals surface area contributed by atoms with Crippen LogP contribution in [0.15, 0.2) is 94.8 Å². The van der Waals surface area contributed by atoms with Gasteiger partial charge in [-0.25, -0.2) is 9.79 Å². The van der Waals surface area contributed by atoms with Crippen LogP contribution in [0.25, 0.3) is 16.8 Å². The van der Waals surface area contributed by atoms with Crippen LogP contribution in [0.5, 0.6) is 11.5 Å². The fraction of sp³-hybridized carbons (Fsp3) is 0.182. The molecule has 4 aromatic rings. The largest absolute Gasteiger partial charge is 0.490 e. The van der Waals surface area contributed by atoms with Crippen LogP contribution in [-0.2, 0) is 16.1 Å². The summed E-state index contributed by atoms with van der Waals surface area (Å²) >= 11 is 1.29. The molecule has 1 fully saturated rings. The van der Waals surface area contributed by atoms with Crippen molar-refractivity contribution < 1.29 is 23.8 Å². The van der Waals surface area contributed by atoms with Crippen molar-refractivity contribution in [1.82, 2.24) is 4.90 Å². The number of thioether (sulfide) groups is 1. The van der Waals surface area contributed by atoms with Gasteiger partial charge < -0.3 is 14.2 Å². The van der Waals surface area contributed by atoms with E-state index in [-0.39, 0.29) is 11.9 Å². The Morgan fingerprint density at radius 2 is 1.66 bits per heavy atom. The number of fused-ring (bicyclic) bond motifs is 1. The fourth-order valence-electron chi connectivity index (χ4n) is 4.29. The molecule has 0 radical (unpaired) electrons. The second kappa shape index (κ2) is 12.7. The van der Waals surface area contributed by atoms with Gasteiger partial charge in [-0.05, 0) is 96.0 Å². The molecule has 4 aromatic carbocycles. The Morgan fingerprint density at radius 1 is 0.878 bits per heavy atom. The summed E-state index contributed by atoms with van der Waals surface area (Å²) in [6.45, 7) is 4.89. The number of carbonyl (C=O) groups is 2. The van der Waals surface area contributed by atoms with E-state index in [9.17, 15) is 9.59 Å². The van der Waals surface area contributed by atoms with Crippen molar-refractivity contribution in [3.05, 3.63) is 107 Å². The molecule has 1 aliphatic heterocycles. The predicted octanol–water partition coefficient (Wildman–Crippen LogP) is 7.23. The molecule has 1 amide bonds. The number of esters is 1. The molecular weight excluding hydrogens is 536 g/mol. The first-order valence-corrected chi connectivity index (χ1v) is 14.2. The molecule has 1 heterocycles. The molecule has 0 aromatic heterocycles. The highest BCUT2D eigenvalue weighted by molar-refractivity contribution is 8.18. The molecule has 0 spiro atoms. The minimum atomic E-state index is -0.379.